The lowest BCUT2D eigenvalue weighted by molar-refractivity contribution is -0.147. The molecule has 1 heterocycles. The molecule has 1 aliphatic heterocycles. The fraction of sp³-hybridized carbons (Fsp3) is 0.611. The van der Waals surface area contributed by atoms with Crippen LogP contribution in [0.3, 0.4) is 0 Å². The predicted octanol–water partition coefficient (Wildman–Crippen LogP) is 4.52. The normalized spacial score (nSPS) is 20.7. The van der Waals surface area contributed by atoms with Gasteiger partial charge in [-0.05, 0) is 55.2 Å². The summed E-state index contributed by atoms with van der Waals surface area (Å²) in [5, 5.41) is 8.55. The lowest BCUT2D eigenvalue weighted by Crippen LogP contribution is -2.55. The van der Waals surface area contributed by atoms with Crippen molar-refractivity contribution >= 4 is 16.8 Å². The van der Waals surface area contributed by atoms with E-state index in [1.807, 2.05) is 18.4 Å². The minimum Gasteiger partial charge on any atom is -0.487 e. The predicted molar refractivity (Wildman–Crippen MR) is 94.4 cm³/mol. The smallest absolute Gasteiger partial charge is 0.128 e. The number of hydrogen-bond donors (Lipinski definition) is 1. The van der Waals surface area contributed by atoms with Crippen molar-refractivity contribution in [2.75, 3.05) is 13.4 Å². The summed E-state index contributed by atoms with van der Waals surface area (Å²) >= 11 is 1.46. The summed E-state index contributed by atoms with van der Waals surface area (Å²) in [6.07, 6.45) is 3.87. The third-order valence-electron chi connectivity index (χ3n) is 5.00. The lowest BCUT2D eigenvalue weighted by atomic mass is 9.72. The van der Waals surface area contributed by atoms with Crippen LogP contribution in [0.1, 0.15) is 45.2 Å². The van der Waals surface area contributed by atoms with E-state index in [9.17, 15) is 0 Å². The summed E-state index contributed by atoms with van der Waals surface area (Å²) in [7, 11) is 1.77. The number of hydrogen-bond acceptors (Lipinski definition) is 4. The van der Waals surface area contributed by atoms with E-state index < -0.39 is 0 Å². The fourth-order valence-electron chi connectivity index (χ4n) is 2.96. The Hall–Kier alpha value is -1.00. The quantitative estimate of drug-likeness (QED) is 0.657. The molecule has 1 aromatic carbocycles. The van der Waals surface area contributed by atoms with Gasteiger partial charge in [-0.3, -0.25) is 5.41 Å². The van der Waals surface area contributed by atoms with E-state index >= 15 is 0 Å². The van der Waals surface area contributed by atoms with Crippen molar-refractivity contribution in [1.29, 1.82) is 5.41 Å². The zero-order valence-corrected chi connectivity index (χ0v) is 15.3. The fourth-order valence-corrected chi connectivity index (χ4v) is 3.32. The van der Waals surface area contributed by atoms with Gasteiger partial charge in [-0.15, -0.1) is 11.8 Å². The van der Waals surface area contributed by atoms with Crippen molar-refractivity contribution in [3.05, 3.63) is 29.3 Å². The van der Waals surface area contributed by atoms with E-state index in [0.717, 1.165) is 24.2 Å². The minimum atomic E-state index is -0.338. The van der Waals surface area contributed by atoms with Crippen molar-refractivity contribution < 1.29 is 9.47 Å². The first-order valence-corrected chi connectivity index (χ1v) is 8.93. The van der Waals surface area contributed by atoms with Crippen LogP contribution in [0, 0.1) is 10.8 Å². The van der Waals surface area contributed by atoms with Crippen LogP contribution in [0.4, 0.5) is 0 Å². The molecule has 0 bridgehead atoms. The lowest BCUT2D eigenvalue weighted by Gasteiger charge is -2.47. The Morgan fingerprint density at radius 3 is 2.55 bits per heavy atom. The van der Waals surface area contributed by atoms with Gasteiger partial charge in [0.2, 0.25) is 0 Å². The first kappa shape index (κ1) is 17.4. The summed E-state index contributed by atoms with van der Waals surface area (Å²) in [5.41, 5.74) is 1.82. The Balaban J connectivity index is 2.27. The van der Waals surface area contributed by atoms with Crippen molar-refractivity contribution in [1.82, 2.24) is 0 Å². The molecule has 0 unspecified atom stereocenters. The molecule has 22 heavy (non-hydrogen) atoms. The number of aryl methyl sites for hydroxylation is 1. The molecule has 0 amide bonds. The summed E-state index contributed by atoms with van der Waals surface area (Å²) < 4.78 is 12.2. The van der Waals surface area contributed by atoms with E-state index in [1.165, 1.54) is 17.3 Å². The van der Waals surface area contributed by atoms with Crippen LogP contribution in [0.15, 0.2) is 18.2 Å². The van der Waals surface area contributed by atoms with Gasteiger partial charge in [-0.25, -0.2) is 0 Å². The van der Waals surface area contributed by atoms with Crippen LogP contribution in [0.5, 0.6) is 5.75 Å². The molecule has 2 rings (SSSR count). The third-order valence-corrected chi connectivity index (χ3v) is 5.64. The maximum Gasteiger partial charge on any atom is 0.128 e. The Morgan fingerprint density at radius 1 is 1.32 bits per heavy atom. The molecular formula is C18H27NO2S. The Labute approximate surface area is 138 Å². The molecular weight excluding hydrogens is 294 g/mol. The van der Waals surface area contributed by atoms with Gasteiger partial charge in [0.1, 0.15) is 17.5 Å². The van der Waals surface area contributed by atoms with Crippen molar-refractivity contribution in [3.63, 3.8) is 0 Å². The number of fused-ring (bicyclic) bond motifs is 1. The average Bonchev–Trinajstić information content (AvgIpc) is 2.51. The molecule has 0 saturated carbocycles. The highest BCUT2D eigenvalue weighted by molar-refractivity contribution is 8.13. The molecule has 0 spiro atoms. The highest BCUT2D eigenvalue weighted by Crippen LogP contribution is 2.42. The second kappa shape index (κ2) is 6.25. The largest absolute Gasteiger partial charge is 0.487 e. The number of benzene rings is 1. The van der Waals surface area contributed by atoms with Crippen molar-refractivity contribution in [2.24, 2.45) is 5.41 Å². The molecule has 1 aromatic rings. The topological polar surface area (TPSA) is 42.3 Å². The molecule has 0 fully saturated rings. The summed E-state index contributed by atoms with van der Waals surface area (Å²) in [5.74, 6) is 0.932. The van der Waals surface area contributed by atoms with Gasteiger partial charge < -0.3 is 9.47 Å². The van der Waals surface area contributed by atoms with Crippen molar-refractivity contribution in [2.45, 2.75) is 52.2 Å². The Bertz CT molecular complexity index is 565. The van der Waals surface area contributed by atoms with Crippen molar-refractivity contribution in [3.8, 4) is 5.75 Å². The zero-order chi connectivity index (χ0) is 16.5. The minimum absolute atomic E-state index is 0.00909. The number of thioether (sulfide) groups is 1. The van der Waals surface area contributed by atoms with Gasteiger partial charge in [-0.2, -0.15) is 0 Å². The number of methoxy groups -OCH3 is 1. The number of nitrogens with one attached hydrogen (secondary N) is 1. The molecule has 0 saturated heterocycles. The standard InChI is InChI=1S/C18H27NO2S/c1-17(2,3)18(4,20-5)15-10-8-12-11-13(16(19)22-6)7-9-14(12)21-15/h7,9,11,15,19H,8,10H2,1-6H3/t15-,18+/m1/s1. The molecule has 0 aromatic heterocycles. The number of rotatable bonds is 3. The van der Waals surface area contributed by atoms with Gasteiger partial charge in [0.25, 0.3) is 0 Å². The summed E-state index contributed by atoms with van der Waals surface area (Å²) in [6.45, 7) is 8.72. The van der Waals surface area contributed by atoms with Crippen LogP contribution >= 0.6 is 11.8 Å². The van der Waals surface area contributed by atoms with Crippen LogP contribution in [0.25, 0.3) is 0 Å². The van der Waals surface area contributed by atoms with Gasteiger partial charge in [0.05, 0.1) is 5.04 Å². The van der Waals surface area contributed by atoms with Crippen LogP contribution in [0.2, 0.25) is 0 Å². The maximum absolute atomic E-state index is 7.95. The second-order valence-electron chi connectivity index (χ2n) is 7.06. The van der Waals surface area contributed by atoms with Gasteiger partial charge in [0, 0.05) is 12.7 Å². The first-order chi connectivity index (χ1) is 10.2. The van der Waals surface area contributed by atoms with Crippen LogP contribution in [-0.2, 0) is 11.2 Å². The summed E-state index contributed by atoms with van der Waals surface area (Å²) in [4.78, 5) is 0. The van der Waals surface area contributed by atoms with E-state index in [2.05, 4.69) is 33.8 Å². The third kappa shape index (κ3) is 3.04. The molecule has 0 aliphatic carbocycles. The van der Waals surface area contributed by atoms with E-state index in [0.29, 0.717) is 5.04 Å². The van der Waals surface area contributed by atoms with Gasteiger partial charge in [-0.1, -0.05) is 20.8 Å². The van der Waals surface area contributed by atoms with Gasteiger partial charge in [0.15, 0.2) is 0 Å². The van der Waals surface area contributed by atoms with Crippen LogP contribution < -0.4 is 4.74 Å². The van der Waals surface area contributed by atoms with Gasteiger partial charge >= 0.3 is 0 Å². The first-order valence-electron chi connectivity index (χ1n) is 7.70. The Morgan fingerprint density at radius 2 is 2.00 bits per heavy atom. The molecule has 3 nitrogen and oxygen atoms in total. The highest BCUT2D eigenvalue weighted by atomic mass is 32.2. The Kier molecular flexibility index (Phi) is 4.93. The van der Waals surface area contributed by atoms with Crippen LogP contribution in [-0.4, -0.2) is 30.1 Å². The number of ether oxygens (including phenoxy) is 2. The summed E-state index contributed by atoms with van der Waals surface area (Å²) in [6, 6.07) is 6.06. The zero-order valence-electron chi connectivity index (χ0n) is 14.4. The molecule has 1 N–H and O–H groups in total. The van der Waals surface area contributed by atoms with E-state index in [-0.39, 0.29) is 17.1 Å². The SMILES string of the molecule is CO[C@@](C)([C@H]1CCc2cc(C(=N)SC)ccc2O1)C(C)(C)C. The molecule has 1 aliphatic rings. The molecule has 0 radical (unpaired) electrons. The highest BCUT2D eigenvalue weighted by Gasteiger charge is 2.47. The maximum atomic E-state index is 7.95. The molecule has 122 valence electrons. The average molecular weight is 321 g/mol. The molecule has 4 heteroatoms. The van der Waals surface area contributed by atoms with E-state index in [1.54, 1.807) is 7.11 Å². The monoisotopic (exact) mass is 321 g/mol. The second-order valence-corrected chi connectivity index (χ2v) is 7.88. The molecule has 2 atom stereocenters. The van der Waals surface area contributed by atoms with E-state index in [4.69, 9.17) is 14.9 Å².